The highest BCUT2D eigenvalue weighted by Crippen LogP contribution is 2.28. The van der Waals surface area contributed by atoms with Crippen LogP contribution in [-0.2, 0) is 9.59 Å². The van der Waals surface area contributed by atoms with Crippen molar-refractivity contribution < 1.29 is 24.2 Å². The van der Waals surface area contributed by atoms with Crippen LogP contribution in [0.25, 0.3) is 0 Å². The van der Waals surface area contributed by atoms with Gasteiger partial charge in [0.1, 0.15) is 19.3 Å². The molecule has 1 aromatic rings. The van der Waals surface area contributed by atoms with Gasteiger partial charge in [0.25, 0.3) is 0 Å². The summed E-state index contributed by atoms with van der Waals surface area (Å²) in [6.45, 7) is 0.170. The van der Waals surface area contributed by atoms with Gasteiger partial charge in [0.2, 0.25) is 11.8 Å². The van der Waals surface area contributed by atoms with Crippen molar-refractivity contribution in [3.8, 4) is 11.5 Å². The molecule has 2 amide bonds. The van der Waals surface area contributed by atoms with Crippen LogP contribution in [0.1, 0.15) is 12.8 Å². The maximum atomic E-state index is 11.8. The number of ether oxygens (including phenoxy) is 2. The van der Waals surface area contributed by atoms with Gasteiger partial charge < -0.3 is 25.6 Å². The Labute approximate surface area is 128 Å². The SMILES string of the molecule is NC(=O)CC[CH]C(=O)NC1COc2ccccc2OC[C@H]1O. The maximum Gasteiger partial charge on any atom is 0.224 e. The van der Waals surface area contributed by atoms with Crippen LogP contribution in [0.15, 0.2) is 24.3 Å². The van der Waals surface area contributed by atoms with Crippen molar-refractivity contribution >= 4 is 11.8 Å². The Morgan fingerprint density at radius 3 is 2.55 bits per heavy atom. The second-order valence-corrected chi connectivity index (χ2v) is 4.96. The number of para-hydroxylation sites is 2. The highest BCUT2D eigenvalue weighted by molar-refractivity contribution is 5.85. The summed E-state index contributed by atoms with van der Waals surface area (Å²) in [5, 5.41) is 12.7. The minimum atomic E-state index is -0.901. The fourth-order valence-corrected chi connectivity index (χ4v) is 2.00. The molecule has 0 fully saturated rings. The lowest BCUT2D eigenvalue weighted by atomic mass is 10.1. The van der Waals surface area contributed by atoms with Crippen LogP contribution in [-0.4, -0.2) is 42.3 Å². The smallest absolute Gasteiger partial charge is 0.224 e. The lowest BCUT2D eigenvalue weighted by Crippen LogP contribution is -2.50. The monoisotopic (exact) mass is 307 g/mol. The number of primary amides is 1. The Hall–Kier alpha value is -2.28. The molecule has 1 unspecified atom stereocenters. The third-order valence-electron chi connectivity index (χ3n) is 3.19. The first kappa shape index (κ1) is 16.1. The van der Waals surface area contributed by atoms with Crippen molar-refractivity contribution in [1.29, 1.82) is 0 Å². The van der Waals surface area contributed by atoms with Crippen LogP contribution >= 0.6 is 0 Å². The number of amides is 2. The molecular formula is C15H19N2O5. The second-order valence-electron chi connectivity index (χ2n) is 4.96. The highest BCUT2D eigenvalue weighted by Gasteiger charge is 2.25. The molecule has 1 aliphatic heterocycles. The summed E-state index contributed by atoms with van der Waals surface area (Å²) < 4.78 is 11.0. The summed E-state index contributed by atoms with van der Waals surface area (Å²) >= 11 is 0. The largest absolute Gasteiger partial charge is 0.487 e. The van der Waals surface area contributed by atoms with Gasteiger partial charge in [-0.2, -0.15) is 0 Å². The number of rotatable bonds is 5. The van der Waals surface area contributed by atoms with Gasteiger partial charge in [-0.3, -0.25) is 9.59 Å². The third kappa shape index (κ3) is 4.63. The van der Waals surface area contributed by atoms with E-state index < -0.39 is 18.1 Å². The maximum absolute atomic E-state index is 11.8. The van der Waals surface area contributed by atoms with Crippen molar-refractivity contribution in [3.63, 3.8) is 0 Å². The number of hydrogen-bond donors (Lipinski definition) is 3. The second kappa shape index (κ2) is 7.65. The number of nitrogens with two attached hydrogens (primary N) is 1. The van der Waals surface area contributed by atoms with E-state index in [1.54, 1.807) is 12.1 Å². The van der Waals surface area contributed by atoms with Gasteiger partial charge in [0.05, 0.1) is 12.5 Å². The lowest BCUT2D eigenvalue weighted by molar-refractivity contribution is -0.120. The van der Waals surface area contributed by atoms with E-state index in [1.165, 1.54) is 6.42 Å². The first-order valence-corrected chi connectivity index (χ1v) is 7.01. The van der Waals surface area contributed by atoms with E-state index in [0.29, 0.717) is 11.5 Å². The van der Waals surface area contributed by atoms with Crippen LogP contribution in [0.3, 0.4) is 0 Å². The predicted molar refractivity (Wildman–Crippen MR) is 78.1 cm³/mol. The molecule has 0 aromatic heterocycles. The molecule has 1 aromatic carbocycles. The van der Waals surface area contributed by atoms with Gasteiger partial charge in [-0.15, -0.1) is 0 Å². The third-order valence-corrected chi connectivity index (χ3v) is 3.19. The molecule has 0 bridgehead atoms. The quantitative estimate of drug-likeness (QED) is 0.696. The summed E-state index contributed by atoms with van der Waals surface area (Å²) in [6, 6.07) is 6.52. The van der Waals surface area contributed by atoms with E-state index in [9.17, 15) is 14.7 Å². The summed E-state index contributed by atoms with van der Waals surface area (Å²) in [7, 11) is 0. The van der Waals surface area contributed by atoms with Crippen LogP contribution < -0.4 is 20.5 Å². The zero-order valence-corrected chi connectivity index (χ0v) is 12.0. The predicted octanol–water partition coefficient (Wildman–Crippen LogP) is -0.227. The fraction of sp³-hybridized carbons (Fsp3) is 0.400. The molecule has 4 N–H and O–H groups in total. The van der Waals surface area contributed by atoms with E-state index in [1.807, 2.05) is 12.1 Å². The molecule has 22 heavy (non-hydrogen) atoms. The van der Waals surface area contributed by atoms with Crippen molar-refractivity contribution in [2.24, 2.45) is 5.73 Å². The molecule has 0 spiro atoms. The van der Waals surface area contributed by atoms with Crippen molar-refractivity contribution in [2.75, 3.05) is 13.2 Å². The van der Waals surface area contributed by atoms with E-state index in [2.05, 4.69) is 5.32 Å². The lowest BCUT2D eigenvalue weighted by Gasteiger charge is -2.27. The number of carbonyl (C=O) groups is 2. The number of fused-ring (bicyclic) bond motifs is 1. The Morgan fingerprint density at radius 2 is 1.91 bits per heavy atom. The van der Waals surface area contributed by atoms with Crippen molar-refractivity contribution in [1.82, 2.24) is 5.32 Å². The molecule has 7 heteroatoms. The first-order chi connectivity index (χ1) is 10.6. The Morgan fingerprint density at radius 1 is 1.27 bits per heavy atom. The van der Waals surface area contributed by atoms with Crippen molar-refractivity contribution in [3.05, 3.63) is 30.7 Å². The van der Waals surface area contributed by atoms with Gasteiger partial charge in [-0.25, -0.2) is 0 Å². The van der Waals surface area contributed by atoms with Crippen LogP contribution in [0, 0.1) is 6.42 Å². The van der Waals surface area contributed by atoms with E-state index in [-0.39, 0.29) is 32.0 Å². The average molecular weight is 307 g/mol. The molecule has 0 saturated carbocycles. The zero-order chi connectivity index (χ0) is 15.9. The number of benzene rings is 1. The molecule has 2 atom stereocenters. The van der Waals surface area contributed by atoms with Gasteiger partial charge in [-0.05, 0) is 18.6 Å². The molecule has 2 rings (SSSR count). The molecule has 1 radical (unpaired) electrons. The first-order valence-electron chi connectivity index (χ1n) is 7.01. The molecule has 1 aliphatic rings. The Balaban J connectivity index is 1.88. The normalized spacial score (nSPS) is 20.6. The number of nitrogens with one attached hydrogen (secondary N) is 1. The molecule has 119 valence electrons. The van der Waals surface area contributed by atoms with Gasteiger partial charge in [-0.1, -0.05) is 12.1 Å². The Bertz CT molecular complexity index is 534. The van der Waals surface area contributed by atoms with Crippen LogP contribution in [0.5, 0.6) is 11.5 Å². The number of aliphatic hydroxyl groups is 1. The Kier molecular flexibility index (Phi) is 5.60. The van der Waals surface area contributed by atoms with E-state index >= 15 is 0 Å². The minimum absolute atomic E-state index is 0.0482. The summed E-state index contributed by atoms with van der Waals surface area (Å²) in [6.07, 6.45) is 0.782. The minimum Gasteiger partial charge on any atom is -0.487 e. The van der Waals surface area contributed by atoms with Gasteiger partial charge >= 0.3 is 0 Å². The fourth-order valence-electron chi connectivity index (χ4n) is 2.00. The van der Waals surface area contributed by atoms with Crippen LogP contribution in [0.4, 0.5) is 0 Å². The molecule has 7 nitrogen and oxygen atoms in total. The van der Waals surface area contributed by atoms with E-state index in [4.69, 9.17) is 15.2 Å². The summed E-state index contributed by atoms with van der Waals surface area (Å²) in [5.41, 5.74) is 5.00. The highest BCUT2D eigenvalue weighted by atomic mass is 16.5. The molecular weight excluding hydrogens is 288 g/mol. The zero-order valence-electron chi connectivity index (χ0n) is 12.0. The van der Waals surface area contributed by atoms with Gasteiger partial charge in [0, 0.05) is 6.42 Å². The summed E-state index contributed by atoms with van der Waals surface area (Å²) in [5.74, 6) is 0.261. The average Bonchev–Trinajstić information content (AvgIpc) is 2.48. The topological polar surface area (TPSA) is 111 Å². The van der Waals surface area contributed by atoms with E-state index in [0.717, 1.165) is 0 Å². The standard InChI is InChI=1S/C15H19N2O5/c16-14(19)6-3-7-15(20)17-10-8-21-12-4-1-2-5-13(12)22-9-11(10)18/h1-2,4-5,7,10-11,18H,3,6,8-9H2,(H2,16,19)(H,17,20)/t10?,11-/m1/s1. The van der Waals surface area contributed by atoms with Gasteiger partial charge in [0.15, 0.2) is 11.5 Å². The molecule has 1 heterocycles. The van der Waals surface area contributed by atoms with Crippen molar-refractivity contribution in [2.45, 2.75) is 25.0 Å². The van der Waals surface area contributed by atoms with Crippen LogP contribution in [0.2, 0.25) is 0 Å². The molecule has 0 saturated heterocycles. The summed E-state index contributed by atoms with van der Waals surface area (Å²) in [4.78, 5) is 22.4. The molecule has 0 aliphatic carbocycles. The number of hydrogen-bond acceptors (Lipinski definition) is 5. The number of aliphatic hydroxyl groups excluding tert-OH is 1. The number of carbonyl (C=O) groups excluding carboxylic acids is 2.